The largest absolute Gasteiger partial charge is 0.458 e. The molecule has 0 saturated carbocycles. The fourth-order valence-corrected chi connectivity index (χ4v) is 3.66. The fourth-order valence-electron chi connectivity index (χ4n) is 3.66. The predicted octanol–water partition coefficient (Wildman–Crippen LogP) is 2.20. The number of aromatic nitrogens is 1. The summed E-state index contributed by atoms with van der Waals surface area (Å²) in [6.07, 6.45) is 5.22. The minimum atomic E-state index is -0.486. The van der Waals surface area contributed by atoms with Crippen molar-refractivity contribution in [3.63, 3.8) is 0 Å². The summed E-state index contributed by atoms with van der Waals surface area (Å²) in [6.45, 7) is 0. The molecule has 22 heavy (non-hydrogen) atoms. The van der Waals surface area contributed by atoms with E-state index in [1.54, 1.807) is 0 Å². The smallest absolute Gasteiger partial charge is 0.307 e. The van der Waals surface area contributed by atoms with Crippen LogP contribution in [0.15, 0.2) is 6.07 Å². The molecule has 0 radical (unpaired) electrons. The quantitative estimate of drug-likeness (QED) is 0.687. The molecule has 2 aliphatic carbocycles. The molecule has 116 valence electrons. The normalized spacial score (nSPS) is 27.5. The number of fused-ring (bicyclic) bond motifs is 4. The fraction of sp³-hybridized carbons (Fsp3) is 0.588. The van der Waals surface area contributed by atoms with Crippen molar-refractivity contribution in [2.45, 2.75) is 63.6 Å². The lowest BCUT2D eigenvalue weighted by Crippen LogP contribution is -2.36. The van der Waals surface area contributed by atoms with Crippen molar-refractivity contribution >= 4 is 11.9 Å². The van der Waals surface area contributed by atoms with Crippen molar-refractivity contribution in [1.82, 2.24) is 4.98 Å². The molecule has 2 unspecified atom stereocenters. The Morgan fingerprint density at radius 1 is 0.909 bits per heavy atom. The third-order valence-electron chi connectivity index (χ3n) is 4.80. The molecule has 3 aliphatic rings. The third-order valence-corrected chi connectivity index (χ3v) is 4.80. The zero-order valence-corrected chi connectivity index (χ0v) is 12.5. The Kier molecular flexibility index (Phi) is 3.36. The van der Waals surface area contributed by atoms with Gasteiger partial charge in [0.25, 0.3) is 0 Å². The molecule has 2 heterocycles. The Labute approximate surface area is 129 Å². The molecule has 0 spiro atoms. The van der Waals surface area contributed by atoms with Crippen molar-refractivity contribution in [2.24, 2.45) is 0 Å². The van der Waals surface area contributed by atoms with Gasteiger partial charge in [-0.3, -0.25) is 14.6 Å². The van der Waals surface area contributed by atoms with Gasteiger partial charge in [-0.25, -0.2) is 0 Å². The van der Waals surface area contributed by atoms with Crippen LogP contribution in [0, 0.1) is 0 Å². The maximum Gasteiger partial charge on any atom is 0.307 e. The van der Waals surface area contributed by atoms with Crippen LogP contribution in [0.2, 0.25) is 0 Å². The van der Waals surface area contributed by atoms with Gasteiger partial charge in [0, 0.05) is 17.0 Å². The Morgan fingerprint density at radius 2 is 1.68 bits per heavy atom. The predicted molar refractivity (Wildman–Crippen MR) is 77.1 cm³/mol. The average molecular weight is 301 g/mol. The average Bonchev–Trinajstić information content (AvgIpc) is 2.52. The molecule has 1 saturated heterocycles. The summed E-state index contributed by atoms with van der Waals surface area (Å²) in [6, 6.07) is 2.14. The van der Waals surface area contributed by atoms with E-state index in [0.717, 1.165) is 30.5 Å². The summed E-state index contributed by atoms with van der Waals surface area (Å²) >= 11 is 0. The van der Waals surface area contributed by atoms with Crippen LogP contribution in [0.4, 0.5) is 0 Å². The van der Waals surface area contributed by atoms with Crippen LogP contribution in [0.25, 0.3) is 0 Å². The SMILES string of the molecule is O=C1CCC(=O)OC2c3cc4c(nc3CCC2O1)CCCC4. The van der Waals surface area contributed by atoms with E-state index in [1.807, 2.05) is 0 Å². The Bertz CT molecular complexity index is 640. The molecule has 5 heteroatoms. The number of hydrogen-bond acceptors (Lipinski definition) is 5. The number of aryl methyl sites for hydroxylation is 3. The first-order valence-electron chi connectivity index (χ1n) is 8.11. The molecule has 0 aromatic carbocycles. The van der Waals surface area contributed by atoms with E-state index >= 15 is 0 Å². The van der Waals surface area contributed by atoms with E-state index in [1.165, 1.54) is 24.1 Å². The highest BCUT2D eigenvalue weighted by atomic mass is 16.6. The number of rotatable bonds is 0. The molecule has 0 bridgehead atoms. The zero-order valence-electron chi connectivity index (χ0n) is 12.5. The van der Waals surface area contributed by atoms with E-state index in [2.05, 4.69) is 6.07 Å². The molecule has 0 N–H and O–H groups in total. The van der Waals surface area contributed by atoms with Crippen LogP contribution < -0.4 is 0 Å². The number of carbonyl (C=O) groups excluding carboxylic acids is 2. The molecule has 1 aliphatic heterocycles. The highest BCUT2D eigenvalue weighted by Gasteiger charge is 2.38. The van der Waals surface area contributed by atoms with E-state index in [-0.39, 0.29) is 30.9 Å². The first kappa shape index (κ1) is 13.7. The van der Waals surface area contributed by atoms with Gasteiger partial charge in [0.1, 0.15) is 6.10 Å². The maximum atomic E-state index is 11.9. The standard InChI is InChI=1S/C17H19NO4/c19-15-7-8-16(20)22-17-11-9-10-3-1-2-4-12(10)18-13(11)5-6-14(17)21-15/h9,14,17H,1-8H2. The van der Waals surface area contributed by atoms with Crippen LogP contribution in [0.1, 0.15) is 60.7 Å². The van der Waals surface area contributed by atoms with Gasteiger partial charge in [0.15, 0.2) is 6.10 Å². The van der Waals surface area contributed by atoms with Crippen molar-refractivity contribution in [2.75, 3.05) is 0 Å². The van der Waals surface area contributed by atoms with Gasteiger partial charge in [0.2, 0.25) is 0 Å². The lowest BCUT2D eigenvalue weighted by molar-refractivity contribution is -0.177. The van der Waals surface area contributed by atoms with Crippen LogP contribution >= 0.6 is 0 Å². The molecular formula is C17H19NO4. The van der Waals surface area contributed by atoms with Crippen molar-refractivity contribution in [1.29, 1.82) is 0 Å². The second-order valence-corrected chi connectivity index (χ2v) is 6.31. The van der Waals surface area contributed by atoms with Crippen LogP contribution in [-0.2, 0) is 38.3 Å². The number of esters is 2. The van der Waals surface area contributed by atoms with Gasteiger partial charge < -0.3 is 9.47 Å². The number of pyridine rings is 1. The summed E-state index contributed by atoms with van der Waals surface area (Å²) in [5.41, 5.74) is 4.40. The monoisotopic (exact) mass is 301 g/mol. The van der Waals surface area contributed by atoms with Gasteiger partial charge >= 0.3 is 11.9 Å². The second kappa shape index (κ2) is 5.38. The maximum absolute atomic E-state index is 11.9. The molecule has 2 atom stereocenters. The summed E-state index contributed by atoms with van der Waals surface area (Å²) in [7, 11) is 0. The van der Waals surface area contributed by atoms with E-state index < -0.39 is 6.10 Å². The second-order valence-electron chi connectivity index (χ2n) is 6.31. The van der Waals surface area contributed by atoms with Crippen LogP contribution in [0.5, 0.6) is 0 Å². The molecule has 1 aromatic rings. The number of carbonyl (C=O) groups is 2. The topological polar surface area (TPSA) is 65.5 Å². The first-order chi connectivity index (χ1) is 10.7. The van der Waals surface area contributed by atoms with Gasteiger partial charge in [-0.05, 0) is 50.2 Å². The van der Waals surface area contributed by atoms with Crippen molar-refractivity contribution in [3.8, 4) is 0 Å². The Hall–Kier alpha value is -1.91. The minimum absolute atomic E-state index is 0.0930. The van der Waals surface area contributed by atoms with Crippen LogP contribution in [-0.4, -0.2) is 23.0 Å². The summed E-state index contributed by atoms with van der Waals surface area (Å²) in [5.74, 6) is -0.627. The highest BCUT2D eigenvalue weighted by Crippen LogP contribution is 2.37. The lowest BCUT2D eigenvalue weighted by Gasteiger charge is -2.34. The molecule has 0 amide bonds. The summed E-state index contributed by atoms with van der Waals surface area (Å²) in [4.78, 5) is 28.4. The number of hydrogen-bond donors (Lipinski definition) is 0. The van der Waals surface area contributed by atoms with E-state index in [9.17, 15) is 9.59 Å². The van der Waals surface area contributed by atoms with Gasteiger partial charge in [-0.15, -0.1) is 0 Å². The first-order valence-corrected chi connectivity index (χ1v) is 8.11. The highest BCUT2D eigenvalue weighted by molar-refractivity contribution is 5.78. The third kappa shape index (κ3) is 2.38. The molecule has 1 fully saturated rings. The zero-order chi connectivity index (χ0) is 15.1. The molecular weight excluding hydrogens is 282 g/mol. The lowest BCUT2D eigenvalue weighted by atomic mass is 9.86. The van der Waals surface area contributed by atoms with Crippen molar-refractivity contribution < 1.29 is 19.1 Å². The molecule has 1 aromatic heterocycles. The van der Waals surface area contributed by atoms with E-state index in [0.29, 0.717) is 6.42 Å². The van der Waals surface area contributed by atoms with Gasteiger partial charge in [-0.1, -0.05) is 0 Å². The Morgan fingerprint density at radius 3 is 2.55 bits per heavy atom. The van der Waals surface area contributed by atoms with E-state index in [4.69, 9.17) is 14.5 Å². The minimum Gasteiger partial charge on any atom is -0.458 e. The van der Waals surface area contributed by atoms with Gasteiger partial charge in [-0.2, -0.15) is 0 Å². The Balaban J connectivity index is 1.73. The molecule has 5 nitrogen and oxygen atoms in total. The number of ether oxygens (including phenoxy) is 2. The summed E-state index contributed by atoms with van der Waals surface area (Å²) < 4.78 is 11.1. The van der Waals surface area contributed by atoms with Crippen LogP contribution in [0.3, 0.4) is 0 Å². The number of nitrogens with zero attached hydrogens (tertiary/aromatic N) is 1. The van der Waals surface area contributed by atoms with Crippen molar-refractivity contribution in [3.05, 3.63) is 28.6 Å². The van der Waals surface area contributed by atoms with Gasteiger partial charge in [0.05, 0.1) is 12.8 Å². The summed E-state index contributed by atoms with van der Waals surface area (Å²) in [5, 5.41) is 0. The molecule has 4 rings (SSSR count).